The molecule has 0 aliphatic carbocycles. The zero-order valence-corrected chi connectivity index (χ0v) is 11.2. The lowest BCUT2D eigenvalue weighted by molar-refractivity contribution is -0.135. The molecule has 1 atom stereocenters. The van der Waals surface area contributed by atoms with E-state index in [0.717, 1.165) is 12.3 Å². The van der Waals surface area contributed by atoms with Crippen molar-refractivity contribution in [3.05, 3.63) is 0 Å². The summed E-state index contributed by atoms with van der Waals surface area (Å²) in [5.74, 6) is 1.52. The van der Waals surface area contributed by atoms with Gasteiger partial charge in [-0.25, -0.2) is 0 Å². The number of carbonyl (C=O) groups is 1. The summed E-state index contributed by atoms with van der Waals surface area (Å²) in [5, 5.41) is 0. The number of carbonyl (C=O) groups excluding carboxylic acids is 1. The molecule has 1 aliphatic heterocycles. The first-order chi connectivity index (χ1) is 7.38. The third-order valence-corrected chi connectivity index (χ3v) is 3.69. The molecule has 0 bridgehead atoms. The SMILES string of the molecule is CC1CN(C(=O)CSCC(C)(C)N)CCO1. The zero-order chi connectivity index (χ0) is 12.2. The van der Waals surface area contributed by atoms with E-state index >= 15 is 0 Å². The van der Waals surface area contributed by atoms with Crippen LogP contribution in [0.3, 0.4) is 0 Å². The minimum atomic E-state index is -0.205. The van der Waals surface area contributed by atoms with Crippen LogP contribution >= 0.6 is 11.8 Å². The van der Waals surface area contributed by atoms with Gasteiger partial charge in [-0.1, -0.05) is 0 Å². The highest BCUT2D eigenvalue weighted by Crippen LogP contribution is 2.12. The fourth-order valence-corrected chi connectivity index (χ4v) is 2.52. The van der Waals surface area contributed by atoms with Gasteiger partial charge < -0.3 is 15.4 Å². The average Bonchev–Trinajstić information content (AvgIpc) is 2.15. The summed E-state index contributed by atoms with van der Waals surface area (Å²) >= 11 is 1.61. The van der Waals surface area contributed by atoms with E-state index in [1.54, 1.807) is 11.8 Å². The van der Waals surface area contributed by atoms with Crippen LogP contribution in [-0.2, 0) is 9.53 Å². The van der Waals surface area contributed by atoms with E-state index < -0.39 is 0 Å². The Balaban J connectivity index is 2.24. The van der Waals surface area contributed by atoms with Crippen molar-refractivity contribution in [1.29, 1.82) is 0 Å². The third kappa shape index (κ3) is 5.18. The molecule has 1 saturated heterocycles. The Hall–Kier alpha value is -0.260. The number of rotatable bonds is 4. The summed E-state index contributed by atoms with van der Waals surface area (Å²) in [5.41, 5.74) is 5.65. The van der Waals surface area contributed by atoms with E-state index in [2.05, 4.69) is 0 Å². The molecule has 1 rings (SSSR count). The Kier molecular flexibility index (Phi) is 5.08. The summed E-state index contributed by atoms with van der Waals surface area (Å²) < 4.78 is 5.40. The molecular formula is C11H22N2O2S. The molecule has 0 aromatic rings. The molecule has 1 fully saturated rings. The van der Waals surface area contributed by atoms with Gasteiger partial charge in [0.05, 0.1) is 18.5 Å². The van der Waals surface area contributed by atoms with Crippen LogP contribution in [0.4, 0.5) is 0 Å². The van der Waals surface area contributed by atoms with Gasteiger partial charge in [0, 0.05) is 24.4 Å². The topological polar surface area (TPSA) is 55.6 Å². The Morgan fingerprint density at radius 2 is 2.31 bits per heavy atom. The minimum Gasteiger partial charge on any atom is -0.375 e. The van der Waals surface area contributed by atoms with Crippen LogP contribution in [0.2, 0.25) is 0 Å². The molecule has 0 aromatic heterocycles. The van der Waals surface area contributed by atoms with Crippen molar-refractivity contribution in [2.75, 3.05) is 31.2 Å². The predicted octanol–water partition coefficient (Wildman–Crippen LogP) is 0.704. The molecule has 1 amide bonds. The third-order valence-electron chi connectivity index (χ3n) is 2.29. The second kappa shape index (κ2) is 5.89. The van der Waals surface area contributed by atoms with Gasteiger partial charge in [-0.3, -0.25) is 4.79 Å². The molecular weight excluding hydrogens is 224 g/mol. The second-order valence-corrected chi connectivity index (χ2v) is 5.99. The molecule has 1 unspecified atom stereocenters. The van der Waals surface area contributed by atoms with Gasteiger partial charge in [-0.05, 0) is 20.8 Å². The molecule has 0 saturated carbocycles. The first-order valence-corrected chi connectivity index (χ1v) is 6.80. The number of amides is 1. The molecule has 2 N–H and O–H groups in total. The van der Waals surface area contributed by atoms with Crippen LogP contribution < -0.4 is 5.73 Å². The molecule has 5 heteroatoms. The molecule has 0 aromatic carbocycles. The molecule has 94 valence electrons. The summed E-state index contributed by atoms with van der Waals surface area (Å²) in [6.07, 6.45) is 0.161. The lowest BCUT2D eigenvalue weighted by Gasteiger charge is -2.31. The van der Waals surface area contributed by atoms with Gasteiger partial charge >= 0.3 is 0 Å². The number of nitrogens with zero attached hydrogens (tertiary/aromatic N) is 1. The van der Waals surface area contributed by atoms with Gasteiger partial charge in [-0.2, -0.15) is 11.8 Å². The summed E-state index contributed by atoms with van der Waals surface area (Å²) in [4.78, 5) is 13.7. The van der Waals surface area contributed by atoms with Crippen molar-refractivity contribution in [2.24, 2.45) is 5.73 Å². The number of hydrogen-bond acceptors (Lipinski definition) is 4. The van der Waals surface area contributed by atoms with Gasteiger partial charge in [0.25, 0.3) is 0 Å². The Morgan fingerprint density at radius 1 is 1.62 bits per heavy atom. The highest BCUT2D eigenvalue weighted by molar-refractivity contribution is 8.00. The maximum Gasteiger partial charge on any atom is 0.232 e. The largest absolute Gasteiger partial charge is 0.375 e. The van der Waals surface area contributed by atoms with Gasteiger partial charge in [-0.15, -0.1) is 0 Å². The lowest BCUT2D eigenvalue weighted by Crippen LogP contribution is -2.45. The Labute approximate surface area is 102 Å². The minimum absolute atomic E-state index is 0.161. The number of ether oxygens (including phenoxy) is 1. The van der Waals surface area contributed by atoms with Gasteiger partial charge in [0.2, 0.25) is 5.91 Å². The van der Waals surface area contributed by atoms with Gasteiger partial charge in [0.15, 0.2) is 0 Å². The molecule has 1 aliphatic rings. The summed E-state index contributed by atoms with van der Waals surface area (Å²) in [7, 11) is 0. The van der Waals surface area contributed by atoms with Crippen molar-refractivity contribution < 1.29 is 9.53 Å². The monoisotopic (exact) mass is 246 g/mol. The van der Waals surface area contributed by atoms with Crippen molar-refractivity contribution >= 4 is 17.7 Å². The van der Waals surface area contributed by atoms with Crippen LogP contribution in [0.5, 0.6) is 0 Å². The molecule has 1 heterocycles. The van der Waals surface area contributed by atoms with E-state index in [9.17, 15) is 4.79 Å². The smallest absolute Gasteiger partial charge is 0.232 e. The molecule has 16 heavy (non-hydrogen) atoms. The molecule has 4 nitrogen and oxygen atoms in total. The second-order valence-electron chi connectivity index (χ2n) is 5.00. The first kappa shape index (κ1) is 13.8. The average molecular weight is 246 g/mol. The maximum atomic E-state index is 11.8. The number of nitrogens with two attached hydrogens (primary N) is 1. The van der Waals surface area contributed by atoms with Crippen LogP contribution in [0.25, 0.3) is 0 Å². The predicted molar refractivity (Wildman–Crippen MR) is 67.6 cm³/mol. The van der Waals surface area contributed by atoms with Crippen LogP contribution in [0.1, 0.15) is 20.8 Å². The normalized spacial score (nSPS) is 22.2. The zero-order valence-electron chi connectivity index (χ0n) is 10.4. The van der Waals surface area contributed by atoms with Crippen LogP contribution in [-0.4, -0.2) is 53.7 Å². The Bertz CT molecular complexity index is 241. The fraction of sp³-hybridized carbons (Fsp3) is 0.909. The van der Waals surface area contributed by atoms with E-state index in [1.165, 1.54) is 0 Å². The lowest BCUT2D eigenvalue weighted by atomic mass is 10.1. The van der Waals surface area contributed by atoms with Crippen LogP contribution in [0.15, 0.2) is 0 Å². The Morgan fingerprint density at radius 3 is 2.88 bits per heavy atom. The van der Waals surface area contributed by atoms with E-state index in [-0.39, 0.29) is 17.6 Å². The highest BCUT2D eigenvalue weighted by Gasteiger charge is 2.21. The number of thioether (sulfide) groups is 1. The van der Waals surface area contributed by atoms with Crippen molar-refractivity contribution in [3.8, 4) is 0 Å². The van der Waals surface area contributed by atoms with E-state index in [4.69, 9.17) is 10.5 Å². The number of hydrogen-bond donors (Lipinski definition) is 1. The quantitative estimate of drug-likeness (QED) is 0.793. The molecule has 0 spiro atoms. The maximum absolute atomic E-state index is 11.8. The van der Waals surface area contributed by atoms with Gasteiger partial charge in [0.1, 0.15) is 0 Å². The van der Waals surface area contributed by atoms with Crippen molar-refractivity contribution in [3.63, 3.8) is 0 Å². The van der Waals surface area contributed by atoms with Crippen LogP contribution in [0, 0.1) is 0 Å². The van der Waals surface area contributed by atoms with Crippen molar-refractivity contribution in [1.82, 2.24) is 4.90 Å². The first-order valence-electron chi connectivity index (χ1n) is 5.64. The summed E-state index contributed by atoms with van der Waals surface area (Å²) in [6.45, 7) is 8.03. The van der Waals surface area contributed by atoms with E-state index in [1.807, 2.05) is 25.7 Å². The van der Waals surface area contributed by atoms with E-state index in [0.29, 0.717) is 18.9 Å². The standard InChI is InChI=1S/C11H22N2O2S/c1-9-6-13(4-5-15-9)10(14)7-16-8-11(2,3)12/h9H,4-8,12H2,1-3H3. The molecule has 0 radical (unpaired) electrons. The summed E-state index contributed by atoms with van der Waals surface area (Å²) in [6, 6.07) is 0. The highest BCUT2D eigenvalue weighted by atomic mass is 32.2. The number of morpholine rings is 1. The fourth-order valence-electron chi connectivity index (χ4n) is 1.54. The van der Waals surface area contributed by atoms with Crippen molar-refractivity contribution in [2.45, 2.75) is 32.4 Å².